The zero-order chi connectivity index (χ0) is 74.1. The lowest BCUT2D eigenvalue weighted by molar-refractivity contribution is -0.161. The molecule has 0 aromatic rings. The van der Waals surface area contributed by atoms with E-state index >= 15 is 0 Å². The van der Waals surface area contributed by atoms with Crippen molar-refractivity contribution in [2.75, 3.05) is 39.6 Å². The van der Waals surface area contributed by atoms with Gasteiger partial charge in [0.2, 0.25) is 0 Å². The lowest BCUT2D eigenvalue weighted by Gasteiger charge is -2.21. The van der Waals surface area contributed by atoms with Gasteiger partial charge in [-0.1, -0.05) is 388 Å². The van der Waals surface area contributed by atoms with Crippen molar-refractivity contribution in [3.63, 3.8) is 0 Å². The third-order valence-corrected chi connectivity index (χ3v) is 21.2. The van der Waals surface area contributed by atoms with Crippen molar-refractivity contribution in [2.45, 2.75) is 457 Å². The Bertz CT molecular complexity index is 1930. The Hall–Kier alpha value is -1.94. The number of aliphatic hydroxyl groups excluding tert-OH is 1. The van der Waals surface area contributed by atoms with Crippen LogP contribution < -0.4 is 0 Å². The van der Waals surface area contributed by atoms with Crippen LogP contribution in [0, 0.1) is 5.92 Å². The van der Waals surface area contributed by atoms with Gasteiger partial charge in [-0.25, -0.2) is 9.13 Å². The summed E-state index contributed by atoms with van der Waals surface area (Å²) in [5.41, 5.74) is 0. The number of rotatable bonds is 82. The molecule has 0 aromatic carbocycles. The predicted octanol–water partition coefficient (Wildman–Crippen LogP) is 24.8. The third kappa shape index (κ3) is 76.1. The SMILES string of the molecule is CCCCCCCCCCCCCCCCCCCCCCCC(=O)O[C@H](COC(=O)CCCCCCCCCCCCCCCCCC(C)C)COP(=O)(O)OC[C@@H](O)COP(=O)(O)OC[C@@H](COC(=O)CCCCCCCCCC)OC(=O)CCCCCCCCCCCCCCCC. The van der Waals surface area contributed by atoms with Crippen LogP contribution in [0.3, 0.4) is 0 Å². The van der Waals surface area contributed by atoms with E-state index in [9.17, 15) is 43.2 Å². The molecular formula is C82H160O17P2. The fourth-order valence-electron chi connectivity index (χ4n) is 12.8. The molecule has 5 atom stereocenters. The van der Waals surface area contributed by atoms with Gasteiger partial charge < -0.3 is 33.8 Å². The van der Waals surface area contributed by atoms with Crippen molar-refractivity contribution in [3.8, 4) is 0 Å². The molecule has 0 rings (SSSR count). The van der Waals surface area contributed by atoms with Gasteiger partial charge in [0.25, 0.3) is 0 Å². The smallest absolute Gasteiger partial charge is 0.462 e. The van der Waals surface area contributed by atoms with E-state index in [1.54, 1.807) is 0 Å². The number of phosphoric acid groups is 2. The summed E-state index contributed by atoms with van der Waals surface area (Å²) in [6.07, 6.45) is 66.7. The molecule has 0 aliphatic rings. The zero-order valence-electron chi connectivity index (χ0n) is 66.1. The maximum absolute atomic E-state index is 13.1. The second kappa shape index (κ2) is 74.9. The second-order valence-electron chi connectivity index (χ2n) is 30.0. The molecule has 0 aliphatic heterocycles. The molecule has 2 unspecified atom stereocenters. The molecule has 3 N–H and O–H groups in total. The standard InChI is InChI=1S/C82H160O17P2/c1-6-9-12-15-18-21-23-25-27-28-29-30-31-32-35-40-44-48-53-58-63-68-82(87)99-78(72-93-80(85)66-61-56-51-46-42-39-36-33-34-37-41-45-49-54-59-64-75(4)5)74-97-101(90,91)95-70-76(83)69-94-100(88,89)96-73-77(71-92-79(84)65-60-55-50-20-17-14-11-8-3)98-81(86)67-62-57-52-47-43-38-26-24-22-19-16-13-10-7-2/h75-78,83H,6-74H2,1-5H3,(H,88,89)(H,90,91)/t76-,77+,78+/m0/s1. The largest absolute Gasteiger partial charge is 0.472 e. The average Bonchev–Trinajstić information content (AvgIpc) is 1.04. The molecule has 0 aromatic heterocycles. The fourth-order valence-corrected chi connectivity index (χ4v) is 14.3. The predicted molar refractivity (Wildman–Crippen MR) is 414 cm³/mol. The van der Waals surface area contributed by atoms with Gasteiger partial charge in [0.15, 0.2) is 12.2 Å². The maximum atomic E-state index is 13.1. The normalized spacial score (nSPS) is 13.8. The van der Waals surface area contributed by atoms with Crippen LogP contribution in [0.2, 0.25) is 0 Å². The van der Waals surface area contributed by atoms with Gasteiger partial charge >= 0.3 is 39.5 Å². The van der Waals surface area contributed by atoms with Crippen molar-refractivity contribution in [1.29, 1.82) is 0 Å². The van der Waals surface area contributed by atoms with Crippen LogP contribution in [0.4, 0.5) is 0 Å². The first kappa shape index (κ1) is 99.1. The van der Waals surface area contributed by atoms with E-state index in [1.165, 1.54) is 257 Å². The third-order valence-electron chi connectivity index (χ3n) is 19.3. The molecule has 600 valence electrons. The molecule has 0 bridgehead atoms. The van der Waals surface area contributed by atoms with Gasteiger partial charge in [0, 0.05) is 25.7 Å². The average molecular weight is 1480 g/mol. The number of phosphoric ester groups is 2. The molecule has 0 saturated heterocycles. The molecule has 101 heavy (non-hydrogen) atoms. The highest BCUT2D eigenvalue weighted by atomic mass is 31.2. The summed E-state index contributed by atoms with van der Waals surface area (Å²) >= 11 is 0. The number of carbonyl (C=O) groups excluding carboxylic acids is 4. The minimum absolute atomic E-state index is 0.108. The van der Waals surface area contributed by atoms with Gasteiger partial charge in [0.1, 0.15) is 19.3 Å². The number of carbonyl (C=O) groups is 4. The maximum Gasteiger partial charge on any atom is 0.472 e. The molecule has 0 aliphatic carbocycles. The van der Waals surface area contributed by atoms with E-state index < -0.39 is 97.5 Å². The van der Waals surface area contributed by atoms with Gasteiger partial charge in [0.05, 0.1) is 26.4 Å². The number of hydrogen-bond acceptors (Lipinski definition) is 15. The van der Waals surface area contributed by atoms with Gasteiger partial charge in [-0.15, -0.1) is 0 Å². The Kier molecular flexibility index (Phi) is 73.5. The van der Waals surface area contributed by atoms with E-state index in [0.29, 0.717) is 25.7 Å². The first-order valence-corrected chi connectivity index (χ1v) is 45.6. The van der Waals surface area contributed by atoms with Crippen LogP contribution in [0.5, 0.6) is 0 Å². The number of unbranched alkanes of at least 4 members (excludes halogenated alkanes) is 54. The number of aliphatic hydroxyl groups is 1. The second-order valence-corrected chi connectivity index (χ2v) is 32.9. The van der Waals surface area contributed by atoms with Crippen LogP contribution in [0.15, 0.2) is 0 Å². The molecule has 0 heterocycles. The molecule has 0 amide bonds. The van der Waals surface area contributed by atoms with Crippen molar-refractivity contribution in [2.24, 2.45) is 5.92 Å². The molecule has 0 fully saturated rings. The van der Waals surface area contributed by atoms with Crippen molar-refractivity contribution in [3.05, 3.63) is 0 Å². The quantitative estimate of drug-likeness (QED) is 0.0222. The van der Waals surface area contributed by atoms with E-state index in [1.807, 2.05) is 0 Å². The lowest BCUT2D eigenvalue weighted by Crippen LogP contribution is -2.30. The summed E-state index contributed by atoms with van der Waals surface area (Å²) in [6, 6.07) is 0. The summed E-state index contributed by atoms with van der Waals surface area (Å²) in [5.74, 6) is -1.30. The van der Waals surface area contributed by atoms with Gasteiger partial charge in [-0.05, 0) is 31.6 Å². The van der Waals surface area contributed by atoms with Gasteiger partial charge in [-0.3, -0.25) is 37.3 Å². The van der Waals surface area contributed by atoms with Crippen molar-refractivity contribution >= 4 is 39.5 Å². The van der Waals surface area contributed by atoms with Crippen LogP contribution >= 0.6 is 15.6 Å². The van der Waals surface area contributed by atoms with E-state index in [4.69, 9.17) is 37.0 Å². The number of esters is 4. The van der Waals surface area contributed by atoms with Crippen molar-refractivity contribution < 1.29 is 80.2 Å². The topological polar surface area (TPSA) is 237 Å². The monoisotopic (exact) mass is 1480 g/mol. The Balaban J connectivity index is 5.19. The Morgan fingerprint density at radius 3 is 0.673 bits per heavy atom. The summed E-state index contributed by atoms with van der Waals surface area (Å²) in [6.45, 7) is 7.34. The summed E-state index contributed by atoms with van der Waals surface area (Å²) < 4.78 is 68.7. The van der Waals surface area contributed by atoms with E-state index in [-0.39, 0.29) is 25.7 Å². The Morgan fingerprint density at radius 2 is 0.455 bits per heavy atom. The van der Waals surface area contributed by atoms with Crippen LogP contribution in [0.25, 0.3) is 0 Å². The number of hydrogen-bond donors (Lipinski definition) is 3. The molecule has 0 radical (unpaired) electrons. The highest BCUT2D eigenvalue weighted by Crippen LogP contribution is 2.45. The minimum Gasteiger partial charge on any atom is -0.462 e. The van der Waals surface area contributed by atoms with Crippen LogP contribution in [-0.4, -0.2) is 96.7 Å². The van der Waals surface area contributed by atoms with Crippen molar-refractivity contribution in [1.82, 2.24) is 0 Å². The molecule has 19 heteroatoms. The molecule has 0 saturated carbocycles. The fraction of sp³-hybridized carbons (Fsp3) is 0.951. The lowest BCUT2D eigenvalue weighted by atomic mass is 10.0. The number of ether oxygens (including phenoxy) is 4. The summed E-state index contributed by atoms with van der Waals surface area (Å²) in [4.78, 5) is 73.0. The zero-order valence-corrected chi connectivity index (χ0v) is 67.8. The summed E-state index contributed by atoms with van der Waals surface area (Å²) in [5, 5.41) is 10.6. The van der Waals surface area contributed by atoms with Gasteiger partial charge in [-0.2, -0.15) is 0 Å². The van der Waals surface area contributed by atoms with Crippen LogP contribution in [0.1, 0.15) is 439 Å². The summed E-state index contributed by atoms with van der Waals surface area (Å²) in [7, 11) is -9.92. The first-order valence-electron chi connectivity index (χ1n) is 42.6. The molecule has 17 nitrogen and oxygen atoms in total. The van der Waals surface area contributed by atoms with E-state index in [0.717, 1.165) is 102 Å². The first-order chi connectivity index (χ1) is 49.0. The minimum atomic E-state index is -4.96. The molecular weight excluding hydrogens is 1320 g/mol. The highest BCUT2D eigenvalue weighted by Gasteiger charge is 2.30. The van der Waals surface area contributed by atoms with Crippen LogP contribution in [-0.2, 0) is 65.4 Å². The van der Waals surface area contributed by atoms with E-state index in [2.05, 4.69) is 34.6 Å². The highest BCUT2D eigenvalue weighted by molar-refractivity contribution is 7.47. The molecule has 0 spiro atoms. The Morgan fingerprint density at radius 1 is 0.267 bits per heavy atom. The Labute approximate surface area is 619 Å².